The largest absolute Gasteiger partial charge is 0.248 e. The highest BCUT2D eigenvalue weighted by Gasteiger charge is 2.37. The summed E-state index contributed by atoms with van der Waals surface area (Å²) in [5, 5.41) is 0. The Morgan fingerprint density at radius 1 is 0.909 bits per heavy atom. The van der Waals surface area contributed by atoms with Gasteiger partial charge in [-0.3, -0.25) is 0 Å². The van der Waals surface area contributed by atoms with Gasteiger partial charge < -0.3 is 0 Å². The minimum absolute atomic E-state index is 0.819. The minimum atomic E-state index is 0.819. The number of hydrogen-bond acceptors (Lipinski definition) is 1. The van der Waals surface area contributed by atoms with Crippen LogP contribution in [-0.4, -0.2) is 16.2 Å². The second kappa shape index (κ2) is 3.21. The molecule has 2 fully saturated rings. The van der Waals surface area contributed by atoms with Gasteiger partial charge in [0.25, 0.3) is 0 Å². The van der Waals surface area contributed by atoms with Crippen LogP contribution in [0, 0.1) is 5.41 Å². The molecule has 2 heteroatoms. The van der Waals surface area contributed by atoms with Crippen LogP contribution >= 0.6 is 22.9 Å². The van der Waals surface area contributed by atoms with E-state index in [0.29, 0.717) is 0 Å². The van der Waals surface area contributed by atoms with Crippen molar-refractivity contribution < 1.29 is 0 Å². The van der Waals surface area contributed by atoms with Gasteiger partial charge in [0.2, 0.25) is 0 Å². The average molecular weight is 265 g/mol. The molecule has 0 aromatic rings. The lowest BCUT2D eigenvalue weighted by molar-refractivity contribution is 0.113. The van der Waals surface area contributed by atoms with Crippen molar-refractivity contribution in [2.45, 2.75) is 38.5 Å². The molecule has 0 atom stereocenters. The van der Waals surface area contributed by atoms with E-state index >= 15 is 0 Å². The Bertz CT molecular complexity index is 142. The van der Waals surface area contributed by atoms with Crippen molar-refractivity contribution in [3.63, 3.8) is 0 Å². The Labute approximate surface area is 83.0 Å². The van der Waals surface area contributed by atoms with Crippen LogP contribution in [0.15, 0.2) is 0 Å². The summed E-state index contributed by atoms with van der Waals surface area (Å²) in [6.45, 7) is 2.66. The molecule has 0 aromatic heterocycles. The standard InChI is InChI=1S/C9H16IN/c10-11-7-2-5-9(6-8-11)3-1-4-9/h1-8H2. The highest BCUT2D eigenvalue weighted by Crippen LogP contribution is 2.48. The topological polar surface area (TPSA) is 3.24 Å². The first-order valence-corrected chi connectivity index (χ1v) is 5.68. The molecule has 0 aromatic carbocycles. The second-order valence-electron chi connectivity index (χ2n) is 4.12. The number of rotatable bonds is 0. The lowest BCUT2D eigenvalue weighted by atomic mass is 9.64. The molecular formula is C9H16IN. The molecule has 1 aliphatic heterocycles. The average Bonchev–Trinajstić information content (AvgIpc) is 2.09. The molecule has 0 radical (unpaired) electrons. The van der Waals surface area contributed by atoms with Crippen LogP contribution in [0.3, 0.4) is 0 Å². The van der Waals surface area contributed by atoms with E-state index in [1.54, 1.807) is 0 Å². The molecule has 1 nitrogen and oxygen atoms in total. The zero-order chi connectivity index (χ0) is 7.73. The maximum Gasteiger partial charge on any atom is 0.0201 e. The van der Waals surface area contributed by atoms with E-state index < -0.39 is 0 Å². The molecule has 1 spiro atoms. The van der Waals surface area contributed by atoms with Crippen LogP contribution in [0.2, 0.25) is 0 Å². The van der Waals surface area contributed by atoms with Gasteiger partial charge in [-0.1, -0.05) is 6.42 Å². The first kappa shape index (κ1) is 8.30. The lowest BCUT2D eigenvalue weighted by Gasteiger charge is -2.41. The normalized spacial score (nSPS) is 31.4. The van der Waals surface area contributed by atoms with E-state index in [9.17, 15) is 0 Å². The van der Waals surface area contributed by atoms with Crippen LogP contribution in [0.5, 0.6) is 0 Å². The predicted octanol–water partition coefficient (Wildman–Crippen LogP) is 2.99. The Morgan fingerprint density at radius 2 is 1.64 bits per heavy atom. The minimum Gasteiger partial charge on any atom is -0.248 e. The summed E-state index contributed by atoms with van der Waals surface area (Å²) in [5.74, 6) is 0. The first-order chi connectivity index (χ1) is 5.31. The van der Waals surface area contributed by atoms with Crippen LogP contribution in [0.1, 0.15) is 38.5 Å². The number of halogens is 1. The number of nitrogens with zero attached hydrogens (tertiary/aromatic N) is 1. The van der Waals surface area contributed by atoms with Crippen molar-refractivity contribution in [3.05, 3.63) is 0 Å². The maximum atomic E-state index is 2.47. The van der Waals surface area contributed by atoms with E-state index in [1.165, 1.54) is 51.6 Å². The van der Waals surface area contributed by atoms with Crippen molar-refractivity contribution in [1.82, 2.24) is 3.11 Å². The molecule has 0 amide bonds. The molecule has 64 valence electrons. The van der Waals surface area contributed by atoms with Crippen LogP contribution in [0.25, 0.3) is 0 Å². The first-order valence-electron chi connectivity index (χ1n) is 4.72. The summed E-state index contributed by atoms with van der Waals surface area (Å²) < 4.78 is 2.46. The zero-order valence-corrected chi connectivity index (χ0v) is 9.14. The number of hydrogen-bond donors (Lipinski definition) is 0. The predicted molar refractivity (Wildman–Crippen MR) is 55.7 cm³/mol. The van der Waals surface area contributed by atoms with Gasteiger partial charge in [-0.25, -0.2) is 3.11 Å². The molecule has 2 aliphatic rings. The van der Waals surface area contributed by atoms with Crippen molar-refractivity contribution in [3.8, 4) is 0 Å². The lowest BCUT2D eigenvalue weighted by Crippen LogP contribution is -2.29. The molecule has 1 heterocycles. The summed E-state index contributed by atoms with van der Waals surface area (Å²) in [4.78, 5) is 0. The van der Waals surface area contributed by atoms with Gasteiger partial charge in [0.1, 0.15) is 0 Å². The fourth-order valence-electron chi connectivity index (χ4n) is 2.40. The Balaban J connectivity index is 1.92. The van der Waals surface area contributed by atoms with E-state index in [2.05, 4.69) is 26.0 Å². The molecule has 0 unspecified atom stereocenters. The van der Waals surface area contributed by atoms with Crippen LogP contribution in [-0.2, 0) is 0 Å². The summed E-state index contributed by atoms with van der Waals surface area (Å²) >= 11 is 2.47. The molecule has 1 saturated carbocycles. The van der Waals surface area contributed by atoms with E-state index in [0.717, 1.165) is 5.41 Å². The van der Waals surface area contributed by atoms with Crippen molar-refractivity contribution >= 4 is 22.9 Å². The quantitative estimate of drug-likeness (QED) is 0.480. The van der Waals surface area contributed by atoms with Crippen molar-refractivity contribution in [1.29, 1.82) is 0 Å². The Morgan fingerprint density at radius 3 is 2.27 bits per heavy atom. The molecule has 0 N–H and O–H groups in total. The molecule has 1 aliphatic carbocycles. The monoisotopic (exact) mass is 265 g/mol. The summed E-state index contributed by atoms with van der Waals surface area (Å²) in [6, 6.07) is 0. The van der Waals surface area contributed by atoms with Gasteiger partial charge in [-0.2, -0.15) is 0 Å². The molecular weight excluding hydrogens is 249 g/mol. The molecule has 11 heavy (non-hydrogen) atoms. The van der Waals surface area contributed by atoms with Crippen LogP contribution in [0.4, 0.5) is 0 Å². The van der Waals surface area contributed by atoms with Gasteiger partial charge in [0.15, 0.2) is 0 Å². The second-order valence-corrected chi connectivity index (χ2v) is 5.48. The summed E-state index contributed by atoms with van der Waals surface area (Å²) in [7, 11) is 0. The van der Waals surface area contributed by atoms with Gasteiger partial charge in [-0.05, 0) is 37.5 Å². The van der Waals surface area contributed by atoms with E-state index in [4.69, 9.17) is 0 Å². The SMILES string of the molecule is IN1CCCC2(CCC2)CC1. The van der Waals surface area contributed by atoms with Crippen molar-refractivity contribution in [2.75, 3.05) is 13.1 Å². The van der Waals surface area contributed by atoms with E-state index in [-0.39, 0.29) is 0 Å². The van der Waals surface area contributed by atoms with Gasteiger partial charge in [-0.15, -0.1) is 0 Å². The highest BCUT2D eigenvalue weighted by molar-refractivity contribution is 14.1. The van der Waals surface area contributed by atoms with Gasteiger partial charge in [0, 0.05) is 36.0 Å². The highest BCUT2D eigenvalue weighted by atomic mass is 127. The summed E-state index contributed by atoms with van der Waals surface area (Å²) in [6.07, 6.45) is 8.96. The maximum absolute atomic E-state index is 2.47. The molecule has 0 bridgehead atoms. The fraction of sp³-hybridized carbons (Fsp3) is 1.00. The van der Waals surface area contributed by atoms with Crippen molar-refractivity contribution in [2.24, 2.45) is 5.41 Å². The van der Waals surface area contributed by atoms with Gasteiger partial charge >= 0.3 is 0 Å². The Hall–Kier alpha value is 0.690. The zero-order valence-electron chi connectivity index (χ0n) is 6.98. The smallest absolute Gasteiger partial charge is 0.0201 e. The third kappa shape index (κ3) is 1.72. The fourth-order valence-corrected chi connectivity index (χ4v) is 2.98. The summed E-state index contributed by atoms with van der Waals surface area (Å²) in [5.41, 5.74) is 0.819. The molecule has 2 rings (SSSR count). The third-order valence-corrected chi connectivity index (χ3v) is 4.37. The van der Waals surface area contributed by atoms with Crippen LogP contribution < -0.4 is 0 Å². The Kier molecular flexibility index (Phi) is 2.42. The van der Waals surface area contributed by atoms with Gasteiger partial charge in [0.05, 0.1) is 0 Å². The molecule has 1 saturated heterocycles. The third-order valence-electron chi connectivity index (χ3n) is 3.41. The van der Waals surface area contributed by atoms with E-state index in [1.807, 2.05) is 0 Å².